The van der Waals surface area contributed by atoms with Gasteiger partial charge in [-0.05, 0) is 64.1 Å². The summed E-state index contributed by atoms with van der Waals surface area (Å²) in [5.74, 6) is 0.698. The standard InChI is InChI=1S/C28H31N7O/c1-18(2)31-27-17-29-16-25(34-27)22-10-9-20-15-30-24(14-23(20)33-22)26-13-21(11-12-35(26)3)32-28(36)19-7-5-4-6-8-19/h4-10,14-18,21,26H,11-13H2,1-3H3,(H,31,34)(H,32,36). The van der Waals surface area contributed by atoms with Gasteiger partial charge in [0.25, 0.3) is 5.91 Å². The Bertz CT molecular complexity index is 1360. The largest absolute Gasteiger partial charge is 0.367 e. The second-order valence-corrected chi connectivity index (χ2v) is 9.64. The van der Waals surface area contributed by atoms with Crippen LogP contribution in [0.5, 0.6) is 0 Å². The highest BCUT2D eigenvalue weighted by molar-refractivity contribution is 5.94. The summed E-state index contributed by atoms with van der Waals surface area (Å²) in [6.07, 6.45) is 7.03. The molecule has 1 aliphatic heterocycles. The molecule has 4 heterocycles. The number of hydrogen-bond acceptors (Lipinski definition) is 7. The number of amides is 1. The first kappa shape index (κ1) is 23.8. The van der Waals surface area contributed by atoms with Crippen molar-refractivity contribution in [3.8, 4) is 11.4 Å². The number of nitrogens with one attached hydrogen (secondary N) is 2. The first-order valence-corrected chi connectivity index (χ1v) is 12.4. The molecule has 0 bridgehead atoms. The summed E-state index contributed by atoms with van der Waals surface area (Å²) >= 11 is 0. The van der Waals surface area contributed by atoms with Crippen LogP contribution in [-0.2, 0) is 0 Å². The maximum atomic E-state index is 12.7. The first-order valence-electron chi connectivity index (χ1n) is 12.4. The quantitative estimate of drug-likeness (QED) is 0.419. The van der Waals surface area contributed by atoms with Crippen molar-refractivity contribution >= 4 is 22.6 Å². The third-order valence-electron chi connectivity index (χ3n) is 6.51. The Hall–Kier alpha value is -3.91. The molecule has 5 rings (SSSR count). The number of piperidine rings is 1. The number of fused-ring (bicyclic) bond motifs is 1. The molecule has 0 aliphatic carbocycles. The topological polar surface area (TPSA) is 95.9 Å². The Balaban J connectivity index is 1.37. The molecule has 1 fully saturated rings. The van der Waals surface area contributed by atoms with E-state index in [0.29, 0.717) is 5.56 Å². The van der Waals surface area contributed by atoms with Crippen molar-refractivity contribution in [3.05, 3.63) is 78.4 Å². The maximum Gasteiger partial charge on any atom is 0.251 e. The molecule has 0 saturated carbocycles. The zero-order chi connectivity index (χ0) is 25.1. The fourth-order valence-electron chi connectivity index (χ4n) is 4.63. The van der Waals surface area contributed by atoms with Crippen LogP contribution in [-0.4, -0.2) is 56.4 Å². The Morgan fingerprint density at radius 2 is 1.86 bits per heavy atom. The molecule has 0 radical (unpaired) electrons. The van der Waals surface area contributed by atoms with E-state index >= 15 is 0 Å². The Kier molecular flexibility index (Phi) is 6.86. The third kappa shape index (κ3) is 5.33. The number of aromatic nitrogens is 4. The highest BCUT2D eigenvalue weighted by Crippen LogP contribution is 2.30. The van der Waals surface area contributed by atoms with Gasteiger partial charge in [-0.2, -0.15) is 0 Å². The average molecular weight is 482 g/mol. The van der Waals surface area contributed by atoms with E-state index in [4.69, 9.17) is 9.97 Å². The number of anilines is 1. The predicted octanol–water partition coefficient (Wildman–Crippen LogP) is 4.47. The van der Waals surface area contributed by atoms with Crippen LogP contribution >= 0.6 is 0 Å². The van der Waals surface area contributed by atoms with Gasteiger partial charge < -0.3 is 10.6 Å². The van der Waals surface area contributed by atoms with Crippen LogP contribution in [0.3, 0.4) is 0 Å². The fourth-order valence-corrected chi connectivity index (χ4v) is 4.63. The molecule has 2 N–H and O–H groups in total. The molecule has 0 spiro atoms. The number of pyridine rings is 2. The summed E-state index contributed by atoms with van der Waals surface area (Å²) < 4.78 is 0. The van der Waals surface area contributed by atoms with E-state index in [1.54, 1.807) is 12.4 Å². The molecule has 8 heteroatoms. The van der Waals surface area contributed by atoms with Gasteiger partial charge in [0.05, 0.1) is 35.3 Å². The van der Waals surface area contributed by atoms with Crippen LogP contribution in [0.15, 0.2) is 67.1 Å². The van der Waals surface area contributed by atoms with E-state index in [1.165, 1.54) is 0 Å². The van der Waals surface area contributed by atoms with Gasteiger partial charge in [0.15, 0.2) is 0 Å². The molecule has 1 saturated heterocycles. The van der Waals surface area contributed by atoms with E-state index in [-0.39, 0.29) is 24.0 Å². The minimum Gasteiger partial charge on any atom is -0.367 e. The van der Waals surface area contributed by atoms with E-state index in [1.807, 2.05) is 48.7 Å². The van der Waals surface area contributed by atoms with Crippen LogP contribution in [0.25, 0.3) is 22.3 Å². The molecular formula is C28H31N7O. The van der Waals surface area contributed by atoms with Crippen molar-refractivity contribution in [2.24, 2.45) is 0 Å². The first-order chi connectivity index (χ1) is 17.5. The van der Waals surface area contributed by atoms with Gasteiger partial charge in [0.2, 0.25) is 0 Å². The lowest BCUT2D eigenvalue weighted by molar-refractivity contribution is 0.0886. The molecule has 4 aromatic rings. The number of nitrogens with zero attached hydrogens (tertiary/aromatic N) is 5. The van der Waals surface area contributed by atoms with Crippen LogP contribution in [0.2, 0.25) is 0 Å². The third-order valence-corrected chi connectivity index (χ3v) is 6.51. The molecule has 8 nitrogen and oxygen atoms in total. The average Bonchev–Trinajstić information content (AvgIpc) is 2.89. The molecule has 2 atom stereocenters. The van der Waals surface area contributed by atoms with E-state index < -0.39 is 0 Å². The summed E-state index contributed by atoms with van der Waals surface area (Å²) in [7, 11) is 2.11. The van der Waals surface area contributed by atoms with Gasteiger partial charge in [0.1, 0.15) is 11.5 Å². The van der Waals surface area contributed by atoms with Crippen molar-refractivity contribution in [1.29, 1.82) is 0 Å². The van der Waals surface area contributed by atoms with Gasteiger partial charge in [-0.15, -0.1) is 0 Å². The molecule has 3 aromatic heterocycles. The monoisotopic (exact) mass is 481 g/mol. The van der Waals surface area contributed by atoms with Gasteiger partial charge in [-0.3, -0.25) is 19.7 Å². The minimum atomic E-state index is -0.0306. The summed E-state index contributed by atoms with van der Waals surface area (Å²) in [6.45, 7) is 5.01. The van der Waals surface area contributed by atoms with Crippen LogP contribution in [0, 0.1) is 0 Å². The smallest absolute Gasteiger partial charge is 0.251 e. The van der Waals surface area contributed by atoms with Crippen molar-refractivity contribution in [2.45, 2.75) is 44.8 Å². The van der Waals surface area contributed by atoms with Crippen LogP contribution in [0.1, 0.15) is 48.8 Å². The fraction of sp³-hybridized carbons (Fsp3) is 0.321. The lowest BCUT2D eigenvalue weighted by Crippen LogP contribution is -2.45. The summed E-state index contributed by atoms with van der Waals surface area (Å²) in [6, 6.07) is 15.8. The number of benzene rings is 1. The van der Waals surface area contributed by atoms with E-state index in [0.717, 1.165) is 53.2 Å². The number of likely N-dealkylation sites (tertiary alicyclic amines) is 1. The van der Waals surface area contributed by atoms with Crippen molar-refractivity contribution in [2.75, 3.05) is 18.9 Å². The lowest BCUT2D eigenvalue weighted by Gasteiger charge is -2.37. The molecule has 1 aliphatic rings. The minimum absolute atomic E-state index is 0.0306. The Morgan fingerprint density at radius 1 is 1.03 bits per heavy atom. The Labute approximate surface area is 211 Å². The molecule has 1 amide bonds. The van der Waals surface area contributed by atoms with Gasteiger partial charge in [0, 0.05) is 35.8 Å². The second-order valence-electron chi connectivity index (χ2n) is 9.64. The van der Waals surface area contributed by atoms with Crippen molar-refractivity contribution in [3.63, 3.8) is 0 Å². The molecule has 2 unspecified atom stereocenters. The maximum absolute atomic E-state index is 12.7. The highest BCUT2D eigenvalue weighted by Gasteiger charge is 2.29. The summed E-state index contributed by atoms with van der Waals surface area (Å²) in [5.41, 5.74) is 3.99. The highest BCUT2D eigenvalue weighted by atomic mass is 16.1. The predicted molar refractivity (Wildman–Crippen MR) is 142 cm³/mol. The molecule has 1 aromatic carbocycles. The van der Waals surface area contributed by atoms with Gasteiger partial charge >= 0.3 is 0 Å². The zero-order valence-corrected chi connectivity index (χ0v) is 20.8. The van der Waals surface area contributed by atoms with Gasteiger partial charge in [-0.25, -0.2) is 9.97 Å². The summed E-state index contributed by atoms with van der Waals surface area (Å²) in [4.78, 5) is 33.7. The summed E-state index contributed by atoms with van der Waals surface area (Å²) in [5, 5.41) is 7.47. The molecular weight excluding hydrogens is 450 g/mol. The Morgan fingerprint density at radius 3 is 2.67 bits per heavy atom. The number of hydrogen-bond donors (Lipinski definition) is 2. The zero-order valence-electron chi connectivity index (χ0n) is 20.8. The second kappa shape index (κ2) is 10.4. The number of carbonyl (C=O) groups excluding carboxylic acids is 1. The van der Waals surface area contributed by atoms with Crippen molar-refractivity contribution in [1.82, 2.24) is 30.2 Å². The normalized spacial score (nSPS) is 18.3. The molecule has 184 valence electrons. The van der Waals surface area contributed by atoms with Crippen molar-refractivity contribution < 1.29 is 4.79 Å². The van der Waals surface area contributed by atoms with Crippen LogP contribution in [0.4, 0.5) is 5.82 Å². The lowest BCUT2D eigenvalue weighted by atomic mass is 9.94. The number of carbonyl (C=O) groups is 1. The molecule has 36 heavy (non-hydrogen) atoms. The van der Waals surface area contributed by atoms with E-state index in [2.05, 4.69) is 52.5 Å². The van der Waals surface area contributed by atoms with Gasteiger partial charge in [-0.1, -0.05) is 18.2 Å². The van der Waals surface area contributed by atoms with Crippen LogP contribution < -0.4 is 10.6 Å². The SMILES string of the molecule is CC(C)Nc1cncc(-c2ccc3cnc(C4CC(NC(=O)c5ccccc5)CCN4C)cc3n2)n1. The van der Waals surface area contributed by atoms with E-state index in [9.17, 15) is 4.79 Å². The number of rotatable bonds is 6.